The molecule has 0 aliphatic rings. The summed E-state index contributed by atoms with van der Waals surface area (Å²) in [4.78, 5) is 12.0. The zero-order chi connectivity index (χ0) is 17.8. The summed E-state index contributed by atoms with van der Waals surface area (Å²) in [5.74, 6) is -0.219. The van der Waals surface area contributed by atoms with Gasteiger partial charge in [-0.05, 0) is 42.8 Å². The third kappa shape index (κ3) is 4.37. The van der Waals surface area contributed by atoms with Gasteiger partial charge in [0.05, 0.1) is 16.3 Å². The number of carbonyl (C=O) groups excluding carboxylic acids is 1. The van der Waals surface area contributed by atoms with E-state index in [9.17, 15) is 9.18 Å². The summed E-state index contributed by atoms with van der Waals surface area (Å²) in [6, 6.07) is 11.3. The zero-order valence-corrected chi connectivity index (χ0v) is 14.7. The molecule has 25 heavy (non-hydrogen) atoms. The van der Waals surface area contributed by atoms with Crippen LogP contribution in [0, 0.1) is 12.7 Å². The Morgan fingerprint density at radius 1 is 1.28 bits per heavy atom. The zero-order valence-electron chi connectivity index (χ0n) is 13.1. The first-order valence-corrected chi connectivity index (χ1v) is 8.66. The highest BCUT2D eigenvalue weighted by molar-refractivity contribution is 7.99. The fourth-order valence-corrected chi connectivity index (χ4v) is 2.87. The van der Waals surface area contributed by atoms with Crippen LogP contribution < -0.4 is 5.32 Å². The third-order valence-electron chi connectivity index (χ3n) is 3.30. The van der Waals surface area contributed by atoms with Crippen molar-refractivity contribution in [3.05, 3.63) is 58.9 Å². The average Bonchev–Trinajstić information content (AvgIpc) is 3.05. The van der Waals surface area contributed by atoms with Gasteiger partial charge in [-0.25, -0.2) is 4.39 Å². The molecule has 0 saturated carbocycles. The Balaban J connectivity index is 1.60. The van der Waals surface area contributed by atoms with Crippen LogP contribution in [0.15, 0.2) is 52.1 Å². The molecule has 1 amide bonds. The number of amides is 1. The third-order valence-corrected chi connectivity index (χ3v) is 4.45. The van der Waals surface area contributed by atoms with Crippen molar-refractivity contribution in [3.8, 4) is 11.5 Å². The Bertz CT molecular complexity index is 916. The maximum Gasteiger partial charge on any atom is 0.277 e. The monoisotopic (exact) mass is 377 g/mol. The Kier molecular flexibility index (Phi) is 5.35. The predicted molar refractivity (Wildman–Crippen MR) is 95.2 cm³/mol. The van der Waals surface area contributed by atoms with Crippen LogP contribution >= 0.6 is 23.4 Å². The number of benzene rings is 2. The number of halogens is 2. The van der Waals surface area contributed by atoms with Crippen LogP contribution in [0.1, 0.15) is 5.56 Å². The van der Waals surface area contributed by atoms with E-state index in [1.54, 1.807) is 25.1 Å². The van der Waals surface area contributed by atoms with Gasteiger partial charge in [0.1, 0.15) is 5.82 Å². The smallest absolute Gasteiger partial charge is 0.277 e. The van der Waals surface area contributed by atoms with Crippen molar-refractivity contribution >= 4 is 35.0 Å². The number of hydrogen-bond donors (Lipinski definition) is 1. The summed E-state index contributed by atoms with van der Waals surface area (Å²) in [7, 11) is 0. The molecule has 0 aliphatic heterocycles. The van der Waals surface area contributed by atoms with Crippen molar-refractivity contribution < 1.29 is 13.6 Å². The van der Waals surface area contributed by atoms with Gasteiger partial charge in [0.25, 0.3) is 5.22 Å². The summed E-state index contributed by atoms with van der Waals surface area (Å²) in [6.07, 6.45) is 0. The summed E-state index contributed by atoms with van der Waals surface area (Å²) in [5, 5.41) is 11.3. The number of carbonyl (C=O) groups is 1. The molecule has 8 heteroatoms. The molecule has 1 N–H and O–H groups in total. The number of nitrogens with zero attached hydrogens (tertiary/aromatic N) is 2. The lowest BCUT2D eigenvalue weighted by molar-refractivity contribution is -0.113. The number of thioether (sulfide) groups is 1. The summed E-state index contributed by atoms with van der Waals surface area (Å²) in [5.41, 5.74) is 1.85. The molecule has 1 aromatic heterocycles. The Labute approximate surface area is 152 Å². The second-order valence-electron chi connectivity index (χ2n) is 5.15. The van der Waals surface area contributed by atoms with Crippen molar-refractivity contribution in [3.63, 3.8) is 0 Å². The highest BCUT2D eigenvalue weighted by Crippen LogP contribution is 2.28. The Morgan fingerprint density at radius 2 is 2.08 bits per heavy atom. The van der Waals surface area contributed by atoms with E-state index >= 15 is 0 Å². The normalized spacial score (nSPS) is 10.7. The van der Waals surface area contributed by atoms with Crippen molar-refractivity contribution in [2.24, 2.45) is 0 Å². The molecule has 0 fully saturated rings. The maximum atomic E-state index is 13.1. The SMILES string of the molecule is Cc1cc(F)ccc1NC(=O)CSc1nnc(-c2ccccc2Cl)o1. The van der Waals surface area contributed by atoms with Crippen molar-refractivity contribution in [1.82, 2.24) is 10.2 Å². The van der Waals surface area contributed by atoms with E-state index < -0.39 is 0 Å². The van der Waals surface area contributed by atoms with Crippen molar-refractivity contribution in [1.29, 1.82) is 0 Å². The van der Waals surface area contributed by atoms with Crippen LogP contribution in [0.2, 0.25) is 5.02 Å². The van der Waals surface area contributed by atoms with Crippen LogP contribution in [0.25, 0.3) is 11.5 Å². The lowest BCUT2D eigenvalue weighted by Gasteiger charge is -2.07. The van der Waals surface area contributed by atoms with Crippen LogP contribution in [0.3, 0.4) is 0 Å². The fraction of sp³-hybridized carbons (Fsp3) is 0.118. The second kappa shape index (κ2) is 7.67. The lowest BCUT2D eigenvalue weighted by atomic mass is 10.2. The van der Waals surface area contributed by atoms with E-state index in [1.165, 1.54) is 18.2 Å². The number of hydrogen-bond acceptors (Lipinski definition) is 5. The van der Waals surface area contributed by atoms with Gasteiger partial charge in [0.2, 0.25) is 11.8 Å². The largest absolute Gasteiger partial charge is 0.411 e. The first-order valence-electron chi connectivity index (χ1n) is 7.30. The number of anilines is 1. The molecule has 5 nitrogen and oxygen atoms in total. The van der Waals surface area contributed by atoms with Gasteiger partial charge in [-0.15, -0.1) is 10.2 Å². The molecule has 0 spiro atoms. The number of nitrogens with one attached hydrogen (secondary N) is 1. The molecule has 0 bridgehead atoms. The summed E-state index contributed by atoms with van der Waals surface area (Å²) in [6.45, 7) is 1.72. The Morgan fingerprint density at radius 3 is 2.84 bits per heavy atom. The fourth-order valence-electron chi connectivity index (χ4n) is 2.09. The first-order chi connectivity index (χ1) is 12.0. The minimum Gasteiger partial charge on any atom is -0.411 e. The topological polar surface area (TPSA) is 68.0 Å². The minimum absolute atomic E-state index is 0.0843. The lowest BCUT2D eigenvalue weighted by Crippen LogP contribution is -2.14. The van der Waals surface area contributed by atoms with E-state index in [0.29, 0.717) is 27.7 Å². The van der Waals surface area contributed by atoms with Crippen LogP contribution in [0.5, 0.6) is 0 Å². The molecule has 0 atom stereocenters. The van der Waals surface area contributed by atoms with Gasteiger partial charge in [0.15, 0.2) is 0 Å². The minimum atomic E-state index is -0.345. The van der Waals surface area contributed by atoms with E-state index in [2.05, 4.69) is 15.5 Å². The molecule has 0 aliphatic carbocycles. The van der Waals surface area contributed by atoms with Crippen LogP contribution in [-0.4, -0.2) is 21.9 Å². The van der Waals surface area contributed by atoms with Crippen molar-refractivity contribution in [2.75, 3.05) is 11.1 Å². The molecule has 3 rings (SSSR count). The number of rotatable bonds is 5. The van der Waals surface area contributed by atoms with Gasteiger partial charge >= 0.3 is 0 Å². The molecular weight excluding hydrogens is 365 g/mol. The molecule has 3 aromatic rings. The number of aryl methyl sites for hydroxylation is 1. The van der Waals surface area contributed by atoms with Gasteiger partial charge in [-0.1, -0.05) is 35.5 Å². The molecule has 0 unspecified atom stereocenters. The molecular formula is C17H13ClFN3O2S. The molecule has 128 valence electrons. The van der Waals surface area contributed by atoms with Gasteiger partial charge in [-0.3, -0.25) is 4.79 Å². The Hall–Kier alpha value is -2.38. The number of aromatic nitrogens is 2. The van der Waals surface area contributed by atoms with Gasteiger partial charge < -0.3 is 9.73 Å². The quantitative estimate of drug-likeness (QED) is 0.660. The van der Waals surface area contributed by atoms with Crippen molar-refractivity contribution in [2.45, 2.75) is 12.1 Å². The molecule has 2 aromatic carbocycles. The van der Waals surface area contributed by atoms with Crippen LogP contribution in [0.4, 0.5) is 10.1 Å². The first kappa shape index (κ1) is 17.4. The van der Waals surface area contributed by atoms with Crippen LogP contribution in [-0.2, 0) is 4.79 Å². The summed E-state index contributed by atoms with van der Waals surface area (Å²) >= 11 is 7.20. The van der Waals surface area contributed by atoms with E-state index in [-0.39, 0.29) is 22.7 Å². The molecule has 0 saturated heterocycles. The van der Waals surface area contributed by atoms with E-state index in [1.807, 2.05) is 6.07 Å². The second-order valence-corrected chi connectivity index (χ2v) is 6.48. The van der Waals surface area contributed by atoms with Gasteiger partial charge in [0, 0.05) is 5.69 Å². The maximum absolute atomic E-state index is 13.1. The summed E-state index contributed by atoms with van der Waals surface area (Å²) < 4.78 is 18.6. The standard InChI is InChI=1S/C17H13ClFN3O2S/c1-10-8-11(19)6-7-14(10)20-15(23)9-25-17-22-21-16(24-17)12-4-2-3-5-13(12)18/h2-8H,9H2,1H3,(H,20,23). The predicted octanol–water partition coefficient (Wildman–Crippen LogP) is 4.57. The van der Waals surface area contributed by atoms with Gasteiger partial charge in [-0.2, -0.15) is 0 Å². The average molecular weight is 378 g/mol. The van der Waals surface area contributed by atoms with E-state index in [0.717, 1.165) is 11.8 Å². The molecule has 0 radical (unpaired) electrons. The highest BCUT2D eigenvalue weighted by Gasteiger charge is 2.13. The molecule has 1 heterocycles. The highest BCUT2D eigenvalue weighted by atomic mass is 35.5. The van der Waals surface area contributed by atoms with E-state index in [4.69, 9.17) is 16.0 Å².